The van der Waals surface area contributed by atoms with Crippen LogP contribution in [0.2, 0.25) is 0 Å². The molecule has 1 unspecified atom stereocenters. The molecule has 1 atom stereocenters. The van der Waals surface area contributed by atoms with E-state index in [2.05, 4.69) is 20.7 Å². The predicted molar refractivity (Wildman–Crippen MR) is 72.5 cm³/mol. The Morgan fingerprint density at radius 3 is 2.76 bits per heavy atom. The summed E-state index contributed by atoms with van der Waals surface area (Å²) in [6, 6.07) is 1.29. The van der Waals surface area contributed by atoms with Gasteiger partial charge in [0.05, 0.1) is 6.54 Å². The maximum absolute atomic E-state index is 12.0. The van der Waals surface area contributed by atoms with E-state index in [1.54, 1.807) is 11.8 Å². The molecule has 0 amide bonds. The van der Waals surface area contributed by atoms with Gasteiger partial charge in [0.2, 0.25) is 10.0 Å². The minimum atomic E-state index is -3.56. The van der Waals surface area contributed by atoms with Crippen molar-refractivity contribution in [3.05, 3.63) is 16.5 Å². The van der Waals surface area contributed by atoms with Crippen LogP contribution in [0, 0.1) is 0 Å². The summed E-state index contributed by atoms with van der Waals surface area (Å²) >= 11 is 4.65. The van der Waals surface area contributed by atoms with Crippen molar-refractivity contribution < 1.29 is 12.8 Å². The van der Waals surface area contributed by atoms with Crippen molar-refractivity contribution in [1.29, 1.82) is 0 Å². The van der Waals surface area contributed by atoms with Gasteiger partial charge in [-0.05, 0) is 29.1 Å². The number of furan rings is 1. The molecule has 5 nitrogen and oxygen atoms in total. The molecule has 0 radical (unpaired) electrons. The van der Waals surface area contributed by atoms with Gasteiger partial charge < -0.3 is 10.2 Å². The maximum atomic E-state index is 12.0. The van der Waals surface area contributed by atoms with Crippen LogP contribution in [0.1, 0.15) is 12.7 Å². The summed E-state index contributed by atoms with van der Waals surface area (Å²) in [6.07, 6.45) is 1.92. The van der Waals surface area contributed by atoms with E-state index in [4.69, 9.17) is 10.2 Å². The van der Waals surface area contributed by atoms with E-state index in [0.717, 1.165) is 0 Å². The number of nitrogens with two attached hydrogens (primary N) is 1. The summed E-state index contributed by atoms with van der Waals surface area (Å²) in [5.41, 5.74) is 5.39. The molecular weight excluding hydrogens is 328 g/mol. The number of halogens is 1. The first-order valence-corrected chi connectivity index (χ1v) is 8.57. The van der Waals surface area contributed by atoms with Crippen molar-refractivity contribution >= 4 is 37.7 Å². The normalized spacial score (nSPS) is 13.9. The smallest absolute Gasteiger partial charge is 0.245 e. The average molecular weight is 343 g/mol. The molecule has 1 heterocycles. The van der Waals surface area contributed by atoms with Crippen LogP contribution in [-0.4, -0.2) is 26.5 Å². The van der Waals surface area contributed by atoms with E-state index < -0.39 is 10.0 Å². The monoisotopic (exact) mass is 342 g/mol. The van der Waals surface area contributed by atoms with Crippen molar-refractivity contribution in [2.45, 2.75) is 24.4 Å². The second-order valence-electron chi connectivity index (χ2n) is 3.53. The zero-order chi connectivity index (χ0) is 13.1. The molecule has 0 bridgehead atoms. The molecule has 0 saturated carbocycles. The molecule has 1 aromatic rings. The van der Waals surface area contributed by atoms with Gasteiger partial charge >= 0.3 is 0 Å². The third-order valence-electron chi connectivity index (χ3n) is 1.97. The Morgan fingerprint density at radius 2 is 2.29 bits per heavy atom. The first-order valence-electron chi connectivity index (χ1n) is 4.90. The van der Waals surface area contributed by atoms with Gasteiger partial charge in [0.1, 0.15) is 10.7 Å². The fraction of sp³-hybridized carbons (Fsp3) is 0.556. The lowest BCUT2D eigenvalue weighted by atomic mass is 10.4. The molecule has 0 saturated heterocycles. The van der Waals surface area contributed by atoms with E-state index in [0.29, 0.717) is 11.5 Å². The minimum absolute atomic E-state index is 0.0888. The van der Waals surface area contributed by atoms with Crippen LogP contribution < -0.4 is 10.5 Å². The van der Waals surface area contributed by atoms with Crippen molar-refractivity contribution in [3.8, 4) is 0 Å². The van der Waals surface area contributed by atoms with Crippen LogP contribution in [0.5, 0.6) is 0 Å². The quantitative estimate of drug-likeness (QED) is 0.818. The van der Waals surface area contributed by atoms with Gasteiger partial charge in [0.25, 0.3) is 0 Å². The third-order valence-corrected chi connectivity index (χ3v) is 5.25. The van der Waals surface area contributed by atoms with Gasteiger partial charge in [-0.15, -0.1) is 0 Å². The van der Waals surface area contributed by atoms with Crippen LogP contribution in [0.15, 0.2) is 20.0 Å². The highest BCUT2D eigenvalue weighted by atomic mass is 79.9. The van der Waals surface area contributed by atoms with E-state index >= 15 is 0 Å². The molecule has 0 aliphatic heterocycles. The van der Waals surface area contributed by atoms with Gasteiger partial charge in [-0.1, -0.05) is 0 Å². The standard InChI is InChI=1S/C9H15BrN2O3S2/c1-6(5-16-2)12-17(13,14)8-3-7(4-11)15-9(8)10/h3,6,12H,4-5,11H2,1-2H3. The Kier molecular flexibility index (Phi) is 5.52. The summed E-state index contributed by atoms with van der Waals surface area (Å²) in [5.74, 6) is 1.13. The molecule has 8 heteroatoms. The Balaban J connectivity index is 2.92. The summed E-state index contributed by atoms with van der Waals surface area (Å²) < 4.78 is 31.9. The molecule has 0 spiro atoms. The highest BCUT2D eigenvalue weighted by molar-refractivity contribution is 9.10. The van der Waals surface area contributed by atoms with E-state index in [1.165, 1.54) is 6.07 Å². The van der Waals surface area contributed by atoms with Crippen molar-refractivity contribution in [3.63, 3.8) is 0 Å². The molecule has 1 rings (SSSR count). The molecule has 1 aromatic heterocycles. The third kappa shape index (κ3) is 3.99. The highest BCUT2D eigenvalue weighted by Crippen LogP contribution is 2.26. The van der Waals surface area contributed by atoms with Gasteiger partial charge in [0.15, 0.2) is 4.67 Å². The Morgan fingerprint density at radius 1 is 1.65 bits per heavy atom. The van der Waals surface area contributed by atoms with Crippen LogP contribution in [0.3, 0.4) is 0 Å². The van der Waals surface area contributed by atoms with E-state index in [9.17, 15) is 8.42 Å². The molecule has 0 fully saturated rings. The summed E-state index contributed by atoms with van der Waals surface area (Å²) in [7, 11) is -3.56. The van der Waals surface area contributed by atoms with Crippen LogP contribution in [0.25, 0.3) is 0 Å². The zero-order valence-electron chi connectivity index (χ0n) is 9.57. The molecule has 17 heavy (non-hydrogen) atoms. The van der Waals surface area contributed by atoms with Crippen LogP contribution >= 0.6 is 27.7 Å². The average Bonchev–Trinajstić information content (AvgIpc) is 2.60. The SMILES string of the molecule is CSCC(C)NS(=O)(=O)c1cc(CN)oc1Br. The predicted octanol–water partition coefficient (Wildman–Crippen LogP) is 1.53. The Hall–Kier alpha value is -0.0200. The number of nitrogens with one attached hydrogen (secondary N) is 1. The van der Waals surface area contributed by atoms with Crippen LogP contribution in [-0.2, 0) is 16.6 Å². The largest absolute Gasteiger partial charge is 0.452 e. The lowest BCUT2D eigenvalue weighted by Crippen LogP contribution is -2.34. The number of hydrogen-bond acceptors (Lipinski definition) is 5. The van der Waals surface area contributed by atoms with Crippen molar-refractivity contribution in [2.24, 2.45) is 5.73 Å². The van der Waals surface area contributed by atoms with Gasteiger partial charge in [0, 0.05) is 17.9 Å². The number of rotatable bonds is 6. The molecule has 0 aromatic carbocycles. The minimum Gasteiger partial charge on any atom is -0.452 e. The van der Waals surface area contributed by atoms with Gasteiger partial charge in [-0.25, -0.2) is 13.1 Å². The summed E-state index contributed by atoms with van der Waals surface area (Å²) in [6.45, 7) is 1.97. The van der Waals surface area contributed by atoms with Gasteiger partial charge in [-0.3, -0.25) is 0 Å². The topological polar surface area (TPSA) is 85.3 Å². The Bertz CT molecular complexity index is 473. The fourth-order valence-electron chi connectivity index (χ4n) is 1.29. The molecular formula is C9H15BrN2O3S2. The number of sulfonamides is 1. The second-order valence-corrected chi connectivity index (χ2v) is 6.85. The lowest BCUT2D eigenvalue weighted by molar-refractivity contribution is 0.483. The van der Waals surface area contributed by atoms with Crippen molar-refractivity contribution in [2.75, 3.05) is 12.0 Å². The summed E-state index contributed by atoms with van der Waals surface area (Å²) in [5, 5.41) is 0. The zero-order valence-corrected chi connectivity index (χ0v) is 12.8. The first-order chi connectivity index (χ1) is 7.90. The first kappa shape index (κ1) is 15.0. The summed E-state index contributed by atoms with van der Waals surface area (Å²) in [4.78, 5) is 0.0888. The number of hydrogen-bond donors (Lipinski definition) is 2. The van der Waals surface area contributed by atoms with Crippen LogP contribution in [0.4, 0.5) is 0 Å². The fourth-order valence-corrected chi connectivity index (χ4v) is 4.22. The second kappa shape index (κ2) is 6.24. The lowest BCUT2D eigenvalue weighted by Gasteiger charge is -2.11. The Labute approximate surface area is 114 Å². The van der Waals surface area contributed by atoms with E-state index in [1.807, 2.05) is 13.2 Å². The van der Waals surface area contributed by atoms with Crippen molar-refractivity contribution in [1.82, 2.24) is 4.72 Å². The molecule has 0 aliphatic carbocycles. The molecule has 0 aliphatic rings. The number of thioether (sulfide) groups is 1. The molecule has 98 valence electrons. The van der Waals surface area contributed by atoms with Gasteiger partial charge in [-0.2, -0.15) is 11.8 Å². The highest BCUT2D eigenvalue weighted by Gasteiger charge is 2.23. The maximum Gasteiger partial charge on any atom is 0.245 e. The molecule has 3 N–H and O–H groups in total. The van der Waals surface area contributed by atoms with E-state index in [-0.39, 0.29) is 22.2 Å².